The highest BCUT2D eigenvalue weighted by molar-refractivity contribution is 5.14. The van der Waals surface area contributed by atoms with Gasteiger partial charge in [0, 0.05) is 17.8 Å². The molecular weight excluding hydrogens is 246 g/mol. The maximum Gasteiger partial charge on any atom is 0.0635 e. The molecule has 1 aromatic heterocycles. The summed E-state index contributed by atoms with van der Waals surface area (Å²) >= 11 is 0. The molecule has 0 saturated heterocycles. The number of rotatable bonds is 3. The summed E-state index contributed by atoms with van der Waals surface area (Å²) in [6.45, 7) is 4.37. The van der Waals surface area contributed by atoms with Gasteiger partial charge in [0.05, 0.1) is 11.7 Å². The van der Waals surface area contributed by atoms with Gasteiger partial charge in [0.15, 0.2) is 0 Å². The molecule has 3 nitrogen and oxygen atoms in total. The molecule has 1 atom stereocenters. The van der Waals surface area contributed by atoms with Gasteiger partial charge in [-0.05, 0) is 62.2 Å². The minimum Gasteiger partial charge on any atom is -0.324 e. The Labute approximate surface area is 121 Å². The summed E-state index contributed by atoms with van der Waals surface area (Å²) in [7, 11) is 0. The predicted octanol–water partition coefficient (Wildman–Crippen LogP) is 3.46. The van der Waals surface area contributed by atoms with Gasteiger partial charge in [0.25, 0.3) is 0 Å². The van der Waals surface area contributed by atoms with Crippen molar-refractivity contribution in [2.75, 3.05) is 0 Å². The van der Waals surface area contributed by atoms with Crippen LogP contribution in [0.3, 0.4) is 0 Å². The lowest BCUT2D eigenvalue weighted by Crippen LogP contribution is -2.52. The first-order valence-corrected chi connectivity index (χ1v) is 8.36. The maximum atomic E-state index is 6.29. The summed E-state index contributed by atoms with van der Waals surface area (Å²) in [6, 6.07) is 0.123. The van der Waals surface area contributed by atoms with Crippen LogP contribution < -0.4 is 5.73 Å². The number of nitrogens with two attached hydrogens (primary N) is 1. The van der Waals surface area contributed by atoms with E-state index in [0.29, 0.717) is 11.5 Å². The summed E-state index contributed by atoms with van der Waals surface area (Å²) < 4.78 is 2.31. The molecule has 20 heavy (non-hydrogen) atoms. The summed E-state index contributed by atoms with van der Waals surface area (Å²) in [5.41, 5.74) is 7.84. The van der Waals surface area contributed by atoms with E-state index < -0.39 is 0 Å². The fraction of sp³-hybridized carbons (Fsp3) is 0.824. The molecular formula is C17H27N3. The van der Waals surface area contributed by atoms with E-state index in [1.165, 1.54) is 44.1 Å². The minimum absolute atomic E-state index is 0.123. The molecule has 110 valence electrons. The topological polar surface area (TPSA) is 43.8 Å². The average Bonchev–Trinajstić information content (AvgIpc) is 2.86. The molecule has 1 aromatic rings. The molecule has 4 fully saturated rings. The van der Waals surface area contributed by atoms with Gasteiger partial charge < -0.3 is 5.73 Å². The molecule has 0 aromatic carbocycles. The van der Waals surface area contributed by atoms with E-state index >= 15 is 0 Å². The van der Waals surface area contributed by atoms with Crippen molar-refractivity contribution in [1.82, 2.24) is 9.78 Å². The second-order valence-corrected chi connectivity index (χ2v) is 8.13. The Morgan fingerprint density at radius 2 is 1.70 bits per heavy atom. The number of hydrogen-bond donors (Lipinski definition) is 1. The first kappa shape index (κ1) is 12.9. The van der Waals surface area contributed by atoms with Gasteiger partial charge in [0.1, 0.15) is 0 Å². The number of hydrogen-bond acceptors (Lipinski definition) is 2. The first-order valence-electron chi connectivity index (χ1n) is 8.36. The third kappa shape index (κ3) is 1.86. The second kappa shape index (κ2) is 4.33. The largest absolute Gasteiger partial charge is 0.324 e. The van der Waals surface area contributed by atoms with Gasteiger partial charge in [-0.15, -0.1) is 0 Å². The van der Waals surface area contributed by atoms with E-state index in [1.807, 2.05) is 6.20 Å². The van der Waals surface area contributed by atoms with Gasteiger partial charge in [-0.2, -0.15) is 5.10 Å². The number of aromatic nitrogens is 2. The summed E-state index contributed by atoms with van der Waals surface area (Å²) in [5, 5.41) is 4.75. The summed E-state index contributed by atoms with van der Waals surface area (Å²) in [5.74, 6) is 3.37. The Hall–Kier alpha value is -0.830. The zero-order valence-corrected chi connectivity index (χ0v) is 12.8. The van der Waals surface area contributed by atoms with Crippen LogP contribution >= 0.6 is 0 Å². The molecule has 1 unspecified atom stereocenters. The molecule has 5 rings (SSSR count). The molecule has 4 aliphatic carbocycles. The molecule has 0 spiro atoms. The smallest absolute Gasteiger partial charge is 0.0635 e. The van der Waals surface area contributed by atoms with Gasteiger partial charge in [-0.25, -0.2) is 0 Å². The monoisotopic (exact) mass is 273 g/mol. The first-order chi connectivity index (χ1) is 9.56. The molecule has 4 aliphatic rings. The fourth-order valence-corrected chi connectivity index (χ4v) is 5.50. The van der Waals surface area contributed by atoms with Crippen molar-refractivity contribution in [1.29, 1.82) is 0 Å². The number of nitrogens with zero attached hydrogens (tertiary/aromatic N) is 2. The highest BCUT2D eigenvalue weighted by Gasteiger charge is 2.52. The van der Waals surface area contributed by atoms with Crippen molar-refractivity contribution in [3.8, 4) is 0 Å². The standard InChI is InChI=1S/C17H27N3/c1-11(2)16(18)15-9-19-20(10-15)17-6-12-3-13(7-17)5-14(4-12)8-17/h9-14,16H,3-8,18H2,1-2H3. The van der Waals surface area contributed by atoms with E-state index in [9.17, 15) is 0 Å². The van der Waals surface area contributed by atoms with Crippen molar-refractivity contribution in [2.24, 2.45) is 29.4 Å². The van der Waals surface area contributed by atoms with Crippen LogP contribution in [0.1, 0.15) is 64.0 Å². The Kier molecular flexibility index (Phi) is 2.79. The lowest BCUT2D eigenvalue weighted by Gasteiger charge is -2.56. The molecule has 0 amide bonds. The Morgan fingerprint density at radius 1 is 1.15 bits per heavy atom. The quantitative estimate of drug-likeness (QED) is 0.916. The lowest BCUT2D eigenvalue weighted by atomic mass is 9.53. The van der Waals surface area contributed by atoms with Gasteiger partial charge in [-0.1, -0.05) is 13.8 Å². The van der Waals surface area contributed by atoms with Crippen LogP contribution in [0.5, 0.6) is 0 Å². The van der Waals surface area contributed by atoms with Crippen molar-refractivity contribution >= 4 is 0 Å². The van der Waals surface area contributed by atoms with E-state index in [4.69, 9.17) is 10.8 Å². The van der Waals surface area contributed by atoms with E-state index in [2.05, 4.69) is 24.7 Å². The maximum absolute atomic E-state index is 6.29. The average molecular weight is 273 g/mol. The lowest BCUT2D eigenvalue weighted by molar-refractivity contribution is -0.0494. The molecule has 4 bridgehead atoms. The van der Waals surface area contributed by atoms with E-state index in [0.717, 1.165) is 17.8 Å². The summed E-state index contributed by atoms with van der Waals surface area (Å²) in [6.07, 6.45) is 12.8. The predicted molar refractivity (Wildman–Crippen MR) is 80.1 cm³/mol. The Balaban J connectivity index is 1.64. The fourth-order valence-electron chi connectivity index (χ4n) is 5.50. The van der Waals surface area contributed by atoms with Crippen LogP contribution in [0.15, 0.2) is 12.4 Å². The van der Waals surface area contributed by atoms with Crippen molar-refractivity contribution in [2.45, 2.75) is 64.0 Å². The molecule has 0 aliphatic heterocycles. The zero-order chi connectivity index (χ0) is 13.9. The van der Waals surface area contributed by atoms with Crippen molar-refractivity contribution < 1.29 is 0 Å². The molecule has 3 heteroatoms. The summed E-state index contributed by atoms with van der Waals surface area (Å²) in [4.78, 5) is 0. The van der Waals surface area contributed by atoms with Crippen LogP contribution in [-0.2, 0) is 5.54 Å². The Bertz CT molecular complexity index is 467. The Morgan fingerprint density at radius 3 is 2.20 bits per heavy atom. The van der Waals surface area contributed by atoms with Crippen LogP contribution in [0.25, 0.3) is 0 Å². The SMILES string of the molecule is CC(C)C(N)c1cnn(C23CC4CC(CC(C4)C2)C3)c1. The van der Waals surface area contributed by atoms with Crippen LogP contribution in [0.4, 0.5) is 0 Å². The van der Waals surface area contributed by atoms with Gasteiger partial charge in [0.2, 0.25) is 0 Å². The molecule has 4 saturated carbocycles. The van der Waals surface area contributed by atoms with Crippen LogP contribution in [-0.4, -0.2) is 9.78 Å². The van der Waals surface area contributed by atoms with Crippen LogP contribution in [0, 0.1) is 23.7 Å². The normalized spacial score (nSPS) is 40.5. The van der Waals surface area contributed by atoms with Crippen molar-refractivity contribution in [3.63, 3.8) is 0 Å². The van der Waals surface area contributed by atoms with E-state index in [-0.39, 0.29) is 6.04 Å². The van der Waals surface area contributed by atoms with E-state index in [1.54, 1.807) is 0 Å². The highest BCUT2D eigenvalue weighted by atomic mass is 15.3. The highest BCUT2D eigenvalue weighted by Crippen LogP contribution is 2.58. The third-order valence-electron chi connectivity index (χ3n) is 6.20. The van der Waals surface area contributed by atoms with Gasteiger partial charge >= 0.3 is 0 Å². The second-order valence-electron chi connectivity index (χ2n) is 8.13. The molecule has 0 radical (unpaired) electrons. The molecule has 2 N–H and O–H groups in total. The van der Waals surface area contributed by atoms with Crippen molar-refractivity contribution in [3.05, 3.63) is 18.0 Å². The molecule has 1 heterocycles. The zero-order valence-electron chi connectivity index (χ0n) is 12.8. The van der Waals surface area contributed by atoms with Gasteiger partial charge in [-0.3, -0.25) is 4.68 Å². The van der Waals surface area contributed by atoms with Crippen LogP contribution in [0.2, 0.25) is 0 Å². The third-order valence-corrected chi connectivity index (χ3v) is 6.20. The minimum atomic E-state index is 0.123.